The van der Waals surface area contributed by atoms with Crippen LogP contribution >= 0.6 is 11.6 Å². The minimum absolute atomic E-state index is 0.155. The second-order valence-corrected chi connectivity index (χ2v) is 8.95. The molecule has 0 aliphatic carbocycles. The number of sulfonamides is 1. The minimum Gasteiger partial charge on any atom is -0.370 e. The third-order valence-corrected chi connectivity index (χ3v) is 6.22. The molecule has 0 saturated heterocycles. The Balaban J connectivity index is 1.63. The van der Waals surface area contributed by atoms with Crippen LogP contribution in [0.4, 0.5) is 5.82 Å². The van der Waals surface area contributed by atoms with Gasteiger partial charge in [0.2, 0.25) is 0 Å². The molecule has 158 valence electrons. The van der Waals surface area contributed by atoms with Crippen molar-refractivity contribution < 1.29 is 13.2 Å². The Hall–Kier alpha value is -3.13. The highest BCUT2D eigenvalue weighted by Gasteiger charge is 2.21. The number of anilines is 1. The molecule has 3 aromatic carbocycles. The lowest BCUT2D eigenvalue weighted by Crippen LogP contribution is -2.13. The van der Waals surface area contributed by atoms with Crippen molar-refractivity contribution in [2.24, 2.45) is 0 Å². The molecule has 4 aromatic rings. The summed E-state index contributed by atoms with van der Waals surface area (Å²) in [4.78, 5) is 0.155. The standard InChI is InChI=1S/C23H20ClN3O3S/c24-19-13-11-18(12-14-19)22-21(16-30-15-17-7-3-1-4-8-17)25-26-23(22)27-31(28,29)20-9-5-2-6-10-20/h1-14H,15-16H2,(H2,25,26,27). The van der Waals surface area contributed by atoms with Crippen molar-refractivity contribution in [1.82, 2.24) is 10.2 Å². The summed E-state index contributed by atoms with van der Waals surface area (Å²) in [6.45, 7) is 0.651. The highest BCUT2D eigenvalue weighted by atomic mass is 35.5. The molecule has 0 aliphatic rings. The number of aromatic nitrogens is 2. The molecule has 0 aliphatic heterocycles. The van der Waals surface area contributed by atoms with Gasteiger partial charge < -0.3 is 4.74 Å². The fourth-order valence-corrected chi connectivity index (χ4v) is 4.28. The fraction of sp³-hybridized carbons (Fsp3) is 0.0870. The van der Waals surface area contributed by atoms with Crippen molar-refractivity contribution >= 4 is 27.4 Å². The van der Waals surface area contributed by atoms with Gasteiger partial charge in [0, 0.05) is 5.02 Å². The first-order valence-corrected chi connectivity index (χ1v) is 11.4. The quantitative estimate of drug-likeness (QED) is 0.381. The molecule has 6 nitrogen and oxygen atoms in total. The average molecular weight is 454 g/mol. The monoisotopic (exact) mass is 453 g/mol. The van der Waals surface area contributed by atoms with Gasteiger partial charge in [-0.25, -0.2) is 8.42 Å². The number of hydrogen-bond donors (Lipinski definition) is 2. The molecule has 1 aromatic heterocycles. The number of nitrogens with one attached hydrogen (secondary N) is 2. The number of halogens is 1. The maximum Gasteiger partial charge on any atom is 0.263 e. The van der Waals surface area contributed by atoms with Crippen LogP contribution < -0.4 is 4.72 Å². The highest BCUT2D eigenvalue weighted by Crippen LogP contribution is 2.32. The molecular formula is C23H20ClN3O3S. The van der Waals surface area contributed by atoms with Crippen molar-refractivity contribution in [3.05, 3.63) is 101 Å². The van der Waals surface area contributed by atoms with Crippen LogP contribution in [0.5, 0.6) is 0 Å². The molecule has 8 heteroatoms. The van der Waals surface area contributed by atoms with Gasteiger partial charge >= 0.3 is 0 Å². The zero-order valence-corrected chi connectivity index (χ0v) is 18.0. The van der Waals surface area contributed by atoms with Gasteiger partial charge in [-0.15, -0.1) is 0 Å². The number of benzene rings is 3. The molecule has 4 rings (SSSR count). The Morgan fingerprint density at radius 1 is 0.871 bits per heavy atom. The fourth-order valence-electron chi connectivity index (χ4n) is 3.11. The number of rotatable bonds is 8. The van der Waals surface area contributed by atoms with Crippen molar-refractivity contribution in [2.45, 2.75) is 18.1 Å². The molecule has 0 saturated carbocycles. The topological polar surface area (TPSA) is 84.1 Å². The van der Waals surface area contributed by atoms with Gasteiger partial charge in [0.15, 0.2) is 5.82 Å². The predicted octanol–water partition coefficient (Wildman–Crippen LogP) is 5.25. The number of ether oxygens (including phenoxy) is 1. The Morgan fingerprint density at radius 3 is 2.19 bits per heavy atom. The maximum absolute atomic E-state index is 12.8. The van der Waals surface area contributed by atoms with Crippen LogP contribution in [0.2, 0.25) is 5.02 Å². The molecule has 1 heterocycles. The third kappa shape index (κ3) is 5.14. The van der Waals surface area contributed by atoms with Gasteiger partial charge in [-0.2, -0.15) is 5.10 Å². The van der Waals surface area contributed by atoms with Gasteiger partial charge in [0.25, 0.3) is 10.0 Å². The number of H-pyrrole nitrogens is 1. The Kier molecular flexibility index (Phi) is 6.36. The zero-order chi connectivity index (χ0) is 21.7. The van der Waals surface area contributed by atoms with Crippen LogP contribution in [-0.4, -0.2) is 18.6 Å². The van der Waals surface area contributed by atoms with E-state index in [-0.39, 0.29) is 17.3 Å². The summed E-state index contributed by atoms with van der Waals surface area (Å²) in [6, 6.07) is 25.1. The van der Waals surface area contributed by atoms with Crippen molar-refractivity contribution in [3.8, 4) is 11.1 Å². The maximum atomic E-state index is 12.8. The smallest absolute Gasteiger partial charge is 0.263 e. The predicted molar refractivity (Wildman–Crippen MR) is 121 cm³/mol. The van der Waals surface area contributed by atoms with Gasteiger partial charge in [0.05, 0.1) is 29.4 Å². The lowest BCUT2D eigenvalue weighted by atomic mass is 10.1. The first kappa shape index (κ1) is 21.1. The normalized spacial score (nSPS) is 11.4. The molecule has 2 N–H and O–H groups in total. The molecule has 0 unspecified atom stereocenters. The van der Waals surface area contributed by atoms with E-state index < -0.39 is 10.0 Å². The molecule has 0 atom stereocenters. The third-order valence-electron chi connectivity index (χ3n) is 4.62. The second-order valence-electron chi connectivity index (χ2n) is 6.83. The summed E-state index contributed by atoms with van der Waals surface area (Å²) in [5.74, 6) is 0.199. The summed E-state index contributed by atoms with van der Waals surface area (Å²) >= 11 is 6.03. The SMILES string of the molecule is O=S(=O)(Nc1n[nH]c(COCc2ccccc2)c1-c1ccc(Cl)cc1)c1ccccc1. The lowest BCUT2D eigenvalue weighted by molar-refractivity contribution is 0.105. The number of nitrogens with zero attached hydrogens (tertiary/aromatic N) is 1. The molecule has 0 radical (unpaired) electrons. The molecular weight excluding hydrogens is 434 g/mol. The summed E-state index contributed by atoms with van der Waals surface area (Å²) < 4.78 is 34.1. The summed E-state index contributed by atoms with van der Waals surface area (Å²) in [5, 5.41) is 7.72. The van der Waals surface area contributed by atoms with E-state index in [1.807, 2.05) is 42.5 Å². The minimum atomic E-state index is -3.80. The Morgan fingerprint density at radius 2 is 1.52 bits per heavy atom. The Bertz CT molecular complexity index is 1240. The summed E-state index contributed by atoms with van der Waals surface area (Å²) in [6.07, 6.45) is 0. The van der Waals surface area contributed by atoms with Crippen LogP contribution in [0.1, 0.15) is 11.3 Å². The van der Waals surface area contributed by atoms with Crippen LogP contribution in [-0.2, 0) is 28.0 Å². The highest BCUT2D eigenvalue weighted by molar-refractivity contribution is 7.92. The van der Waals surface area contributed by atoms with Crippen molar-refractivity contribution in [2.75, 3.05) is 4.72 Å². The Labute approximate surface area is 185 Å². The molecule has 0 bridgehead atoms. The number of hydrogen-bond acceptors (Lipinski definition) is 4. The van der Waals surface area contributed by atoms with Crippen LogP contribution in [0, 0.1) is 0 Å². The zero-order valence-electron chi connectivity index (χ0n) is 16.5. The van der Waals surface area contributed by atoms with Crippen LogP contribution in [0.3, 0.4) is 0 Å². The van der Waals surface area contributed by atoms with E-state index in [2.05, 4.69) is 14.9 Å². The first-order chi connectivity index (χ1) is 15.0. The molecule has 0 spiro atoms. The van der Waals surface area contributed by atoms with Crippen molar-refractivity contribution in [3.63, 3.8) is 0 Å². The van der Waals surface area contributed by atoms with E-state index in [0.717, 1.165) is 11.1 Å². The van der Waals surface area contributed by atoms with E-state index in [1.54, 1.807) is 30.3 Å². The molecule has 0 fully saturated rings. The van der Waals surface area contributed by atoms with E-state index in [9.17, 15) is 8.42 Å². The van der Waals surface area contributed by atoms with Crippen molar-refractivity contribution in [1.29, 1.82) is 0 Å². The van der Waals surface area contributed by atoms with E-state index in [1.165, 1.54) is 12.1 Å². The number of aromatic amines is 1. The van der Waals surface area contributed by atoms with Gasteiger partial charge in [-0.1, -0.05) is 72.3 Å². The van der Waals surface area contributed by atoms with Gasteiger partial charge in [0.1, 0.15) is 0 Å². The second kappa shape index (κ2) is 9.34. The van der Waals surface area contributed by atoms with Crippen LogP contribution in [0.15, 0.2) is 89.8 Å². The van der Waals surface area contributed by atoms with Gasteiger partial charge in [-0.05, 0) is 35.4 Å². The summed E-state index contributed by atoms with van der Waals surface area (Å²) in [7, 11) is -3.80. The van der Waals surface area contributed by atoms with Crippen LogP contribution in [0.25, 0.3) is 11.1 Å². The first-order valence-electron chi connectivity index (χ1n) is 9.55. The summed E-state index contributed by atoms with van der Waals surface area (Å²) in [5.41, 5.74) is 3.08. The van der Waals surface area contributed by atoms with Gasteiger partial charge in [-0.3, -0.25) is 9.82 Å². The average Bonchev–Trinajstić information content (AvgIpc) is 3.17. The largest absolute Gasteiger partial charge is 0.370 e. The molecule has 31 heavy (non-hydrogen) atoms. The lowest BCUT2D eigenvalue weighted by Gasteiger charge is -2.10. The molecule has 0 amide bonds. The van der Waals surface area contributed by atoms with E-state index >= 15 is 0 Å². The van der Waals surface area contributed by atoms with E-state index in [4.69, 9.17) is 16.3 Å². The van der Waals surface area contributed by atoms with E-state index in [0.29, 0.717) is 22.9 Å².